The second-order valence-electron chi connectivity index (χ2n) is 61.0. The van der Waals surface area contributed by atoms with Crippen molar-refractivity contribution in [1.29, 1.82) is 0 Å². The van der Waals surface area contributed by atoms with E-state index in [0.717, 1.165) is 156 Å². The highest BCUT2D eigenvalue weighted by Gasteiger charge is 2.76. The summed E-state index contributed by atoms with van der Waals surface area (Å²) < 4.78 is 49.4. The highest BCUT2D eigenvalue weighted by Crippen LogP contribution is 2.81. The van der Waals surface area contributed by atoms with Gasteiger partial charge in [0.1, 0.15) is 28.0 Å². The fourth-order valence-electron chi connectivity index (χ4n) is 36.1. The van der Waals surface area contributed by atoms with E-state index >= 15 is 0 Å². The smallest absolute Gasteiger partial charge is 0.460 e. The summed E-state index contributed by atoms with van der Waals surface area (Å²) in [4.78, 5) is 63.5. The first-order chi connectivity index (χ1) is 63.1. The van der Waals surface area contributed by atoms with Crippen molar-refractivity contribution in [3.63, 3.8) is 0 Å². The van der Waals surface area contributed by atoms with Crippen molar-refractivity contribution in [2.75, 3.05) is 21.3 Å². The van der Waals surface area contributed by atoms with Crippen LogP contribution in [0.4, 0.5) is 0 Å². The Morgan fingerprint density at radius 1 is 0.324 bits per heavy atom. The maximum absolute atomic E-state index is 12.7. The van der Waals surface area contributed by atoms with Gasteiger partial charge in [0, 0.05) is 36.0 Å². The minimum Gasteiger partial charge on any atom is -0.460 e. The third-order valence-corrected chi connectivity index (χ3v) is 48.3. The fourth-order valence-corrected chi connectivity index (χ4v) is 45.2. The van der Waals surface area contributed by atoms with Crippen molar-refractivity contribution >= 4 is 116 Å². The van der Waals surface area contributed by atoms with Gasteiger partial charge in [-0.25, -0.2) is 0 Å². The Hall–Kier alpha value is -1.42. The molecule has 1 aromatic carbocycles. The van der Waals surface area contributed by atoms with Crippen LogP contribution in [-0.4, -0.2) is 127 Å². The van der Waals surface area contributed by atoms with Gasteiger partial charge in [-0.05, 0) is 507 Å². The molecule has 20 saturated carbocycles. The van der Waals surface area contributed by atoms with E-state index in [1.165, 1.54) is 134 Å². The van der Waals surface area contributed by atoms with Gasteiger partial charge >= 0.3 is 44.7 Å². The summed E-state index contributed by atoms with van der Waals surface area (Å²) in [5.41, 5.74) is -0.126. The molecule has 20 bridgehead atoms. The zero-order chi connectivity index (χ0) is 104. The molecule has 1 aromatic rings. The Morgan fingerprint density at radius 2 is 0.568 bits per heavy atom. The SMILES string of the molecule is CC(C)(C)OC(=O)C1(C)CC2CC1C1C3CCC(C3)C21.CC(C)(C)OC(=O)C1(C)CC2CC1C1C3CCC(C3)C21.CC(C)(C)OC(=O)C1(C)CC2CC1C1C3CCC(C3)C21.CC(C)(C)OC(=O)C1CC2CC1C1C2C2(C)CCC1(C)C2.CC(C)(C)OC(=O)C1CC2CC1C1C2C2(C)CCC1(C)C2.CO[Si](C)(OC)OC.C[Si](C)(C)C.C[Si](C)(C)O[Si](C)(C)C.C[Si](C)(C)c1ccccc1.C[Si](Cl)(Cl)Cl. The fraction of sp³-hybridized carbons (Fsp3) is 0.905. The van der Waals surface area contributed by atoms with E-state index in [1.807, 2.05) is 110 Å². The van der Waals surface area contributed by atoms with Gasteiger partial charge in [0.25, 0.3) is 0 Å². The lowest BCUT2D eigenvalue weighted by atomic mass is 9.60. The predicted molar refractivity (Wildman–Crippen MR) is 587 cm³/mol. The van der Waals surface area contributed by atoms with Crippen LogP contribution in [0.3, 0.4) is 0 Å². The summed E-state index contributed by atoms with van der Waals surface area (Å²) in [7, 11) is -1.53. The highest BCUT2D eigenvalue weighted by molar-refractivity contribution is 7.64. The summed E-state index contributed by atoms with van der Waals surface area (Å²) in [5.74, 6) is 22.6. The maximum Gasteiger partial charge on any atom is 0.496 e. The molecule has 0 saturated heterocycles. The summed E-state index contributed by atoms with van der Waals surface area (Å²) >= 11 is 15.6. The highest BCUT2D eigenvalue weighted by atomic mass is 35.8. The average Bonchev–Trinajstić information content (AvgIpc) is 1.49. The molecule has 14 nitrogen and oxygen atoms in total. The number of benzene rings is 1. The largest absolute Gasteiger partial charge is 0.496 e. The number of halogens is 3. The van der Waals surface area contributed by atoms with Gasteiger partial charge < -0.3 is 41.1 Å². The molecule has 20 aliphatic carbocycles. The molecule has 0 radical (unpaired) electrons. The lowest BCUT2D eigenvalue weighted by Crippen LogP contribution is -2.45. The molecule has 139 heavy (non-hydrogen) atoms. The topological polar surface area (TPSA) is 168 Å². The van der Waals surface area contributed by atoms with Crippen LogP contribution in [0, 0.1) is 204 Å². The summed E-state index contributed by atoms with van der Waals surface area (Å²) in [6.07, 6.45) is 33.5. The number of carbonyl (C=O) groups is 5. The Balaban J connectivity index is 0.000000143. The van der Waals surface area contributed by atoms with Crippen LogP contribution < -0.4 is 5.19 Å². The first kappa shape index (κ1) is 116. The lowest BCUT2D eigenvalue weighted by Gasteiger charge is -2.45. The maximum atomic E-state index is 12.7. The zero-order valence-electron chi connectivity index (χ0n) is 95.6. The number of ether oxygens (including phenoxy) is 5. The second-order valence-corrected chi connectivity index (χ2v) is 94.4. The van der Waals surface area contributed by atoms with Crippen LogP contribution in [-0.2, 0) is 65.1 Å². The Bertz CT molecular complexity index is 4090. The first-order valence-electron chi connectivity index (χ1n) is 55.8. The van der Waals surface area contributed by atoms with E-state index < -0.39 is 47.6 Å². The molecular weight excluding hydrogens is 1890 g/mol. The van der Waals surface area contributed by atoms with Crippen molar-refractivity contribution in [3.8, 4) is 0 Å². The molecule has 0 aliphatic heterocycles. The molecule has 20 fully saturated rings. The Kier molecular flexibility index (Phi) is 34.3. The van der Waals surface area contributed by atoms with Gasteiger partial charge in [0.2, 0.25) is 0 Å². The first-order valence-corrected chi connectivity index (χ1v) is 77.9. The quantitative estimate of drug-likeness (QED) is 0.0674. The summed E-state index contributed by atoms with van der Waals surface area (Å²) in [6.45, 7) is 79.8. The molecule has 0 amide bonds. The van der Waals surface area contributed by atoms with E-state index in [1.54, 1.807) is 27.9 Å². The molecule has 0 heterocycles. The molecule has 35 unspecified atom stereocenters. The lowest BCUT2D eigenvalue weighted by molar-refractivity contribution is -0.174. The molecule has 0 spiro atoms. The molecule has 796 valence electrons. The zero-order valence-corrected chi connectivity index (χ0v) is 104. The van der Waals surface area contributed by atoms with Crippen LogP contribution in [0.5, 0.6) is 0 Å². The molecular formula is C116H203Cl3O14Si6. The van der Waals surface area contributed by atoms with E-state index in [2.05, 4.69) is 164 Å². The van der Waals surface area contributed by atoms with Crippen LogP contribution in [0.2, 0.25) is 98.2 Å². The molecule has 0 N–H and O–H groups in total. The van der Waals surface area contributed by atoms with E-state index in [0.29, 0.717) is 51.2 Å². The van der Waals surface area contributed by atoms with Crippen LogP contribution in [0.1, 0.15) is 313 Å². The minimum atomic E-state index is -2.19. The standard InChI is InChI=1S/2C19H30O2.3C18H28O2.C9H14Si.C6H18OSi2.C4H12O3Si.C4H12Si.CH3Cl3Si/c2*1-17(2,3)21-16(20)13-9-11-8-12(13)15-14(11)18(4)6-7-19(15,5)10-18;3*1-17(2,3)20-16(19)18(4)9-12-8-13(18)15-11-6-5-10(7-11)14(12)15;1-10(2,3)9-7-5-4-6-8-9;1-8(2,3)7-9(4,5)6;1-5-8(4,6-2)7-3;2*1-5(2,3)4/h2*11-15H,6-10H2,1-5H3;3*10-15H,5-9H2,1-4H3;4-8H,1-3H3;1-6H3;1-4H3;1-4H3;1H3. The van der Waals surface area contributed by atoms with Crippen LogP contribution >= 0.6 is 33.2 Å². The number of carbonyl (C=O) groups excluding carboxylic acids is 5. The molecule has 21 rings (SSSR count). The van der Waals surface area contributed by atoms with Crippen molar-refractivity contribution in [3.05, 3.63) is 30.3 Å². The monoisotopic (exact) mass is 2090 g/mol. The van der Waals surface area contributed by atoms with Gasteiger partial charge in [-0.2, -0.15) is 0 Å². The van der Waals surface area contributed by atoms with Crippen molar-refractivity contribution in [2.24, 2.45) is 204 Å². The number of hydrogen-bond acceptors (Lipinski definition) is 14. The normalized spacial score (nSPS) is 42.2. The molecule has 35 atom stereocenters. The molecule has 0 aromatic heterocycles. The van der Waals surface area contributed by atoms with Crippen molar-refractivity contribution in [2.45, 2.75) is 439 Å². The second kappa shape index (κ2) is 41.0. The molecule has 23 heteroatoms. The van der Waals surface area contributed by atoms with Gasteiger partial charge in [0.05, 0.1) is 36.2 Å². The van der Waals surface area contributed by atoms with E-state index in [4.69, 9.17) is 74.3 Å². The third kappa shape index (κ3) is 26.0. The van der Waals surface area contributed by atoms with Gasteiger partial charge in [0.15, 0.2) is 16.6 Å². The predicted octanol–water partition coefficient (Wildman–Crippen LogP) is 30.6. The summed E-state index contributed by atoms with van der Waals surface area (Å²) in [6, 6.07) is 8.57. The van der Waals surface area contributed by atoms with Gasteiger partial charge in [-0.3, -0.25) is 24.0 Å². The van der Waals surface area contributed by atoms with Gasteiger partial charge in [-0.15, -0.1) is 33.2 Å². The Labute approximate surface area is 868 Å². The van der Waals surface area contributed by atoms with Gasteiger partial charge in [-0.1, -0.05) is 109 Å². The number of rotatable bonds is 11. The minimum absolute atomic E-state index is 0.0822. The van der Waals surface area contributed by atoms with Crippen molar-refractivity contribution < 1.29 is 65.1 Å². The number of fused-ring (bicyclic) bond motifs is 45. The average molecular weight is 2100 g/mol. The number of hydrogen-bond donors (Lipinski definition) is 0. The van der Waals surface area contributed by atoms with E-state index in [9.17, 15) is 24.0 Å². The summed E-state index contributed by atoms with van der Waals surface area (Å²) in [5, 5.41) is 1.54. The van der Waals surface area contributed by atoms with Crippen molar-refractivity contribution in [1.82, 2.24) is 0 Å². The third-order valence-electron chi connectivity index (χ3n) is 39.1. The Morgan fingerprint density at radius 3 is 0.777 bits per heavy atom. The molecule has 20 aliphatic rings. The van der Waals surface area contributed by atoms with Crippen LogP contribution in [0.15, 0.2) is 30.3 Å². The van der Waals surface area contributed by atoms with E-state index in [-0.39, 0.29) is 85.9 Å². The van der Waals surface area contributed by atoms with Crippen LogP contribution in [0.25, 0.3) is 0 Å². The number of esters is 5.